The van der Waals surface area contributed by atoms with Crippen molar-refractivity contribution in [2.24, 2.45) is 0 Å². The van der Waals surface area contributed by atoms with Crippen molar-refractivity contribution in [3.05, 3.63) is 131 Å². The van der Waals surface area contributed by atoms with E-state index in [9.17, 15) is 4.79 Å². The fourth-order valence-corrected chi connectivity index (χ4v) is 6.81. The Morgan fingerprint density at radius 1 is 0.632 bits per heavy atom. The van der Waals surface area contributed by atoms with Gasteiger partial charge in [-0.3, -0.25) is 0 Å². The van der Waals surface area contributed by atoms with Gasteiger partial charge in [0, 0.05) is 5.56 Å². The number of hydrogen-bond donors (Lipinski definition) is 0. The van der Waals surface area contributed by atoms with Crippen molar-refractivity contribution in [1.82, 2.24) is 0 Å². The van der Waals surface area contributed by atoms with Crippen LogP contribution in [0.25, 0.3) is 33.4 Å². The molecular formula is C34H22O4. The van der Waals surface area contributed by atoms with Gasteiger partial charge in [-0.15, -0.1) is 0 Å². The van der Waals surface area contributed by atoms with Gasteiger partial charge < -0.3 is 14.2 Å². The van der Waals surface area contributed by atoms with E-state index >= 15 is 0 Å². The summed E-state index contributed by atoms with van der Waals surface area (Å²) >= 11 is 0. The van der Waals surface area contributed by atoms with Crippen molar-refractivity contribution in [2.75, 3.05) is 13.9 Å². The number of rotatable bonds is 2. The molecule has 0 atom stereocenters. The lowest BCUT2D eigenvalue weighted by Gasteiger charge is -2.30. The monoisotopic (exact) mass is 494 g/mol. The van der Waals surface area contributed by atoms with Crippen molar-refractivity contribution in [3.63, 3.8) is 0 Å². The summed E-state index contributed by atoms with van der Waals surface area (Å²) < 4.78 is 16.5. The minimum absolute atomic E-state index is 0.131. The number of hydrogen-bond acceptors (Lipinski definition) is 4. The van der Waals surface area contributed by atoms with Crippen molar-refractivity contribution in [1.29, 1.82) is 0 Å². The number of carbonyl (C=O) groups excluding carboxylic acids is 1. The highest BCUT2D eigenvalue weighted by atomic mass is 16.7. The molecule has 0 radical (unpaired) electrons. The molecule has 182 valence electrons. The number of carbonyl (C=O) groups is 1. The fourth-order valence-electron chi connectivity index (χ4n) is 6.81. The van der Waals surface area contributed by atoms with Crippen LogP contribution in [0.2, 0.25) is 0 Å². The molecule has 0 unspecified atom stereocenters. The second-order valence-corrected chi connectivity index (χ2v) is 9.86. The standard InChI is InChI=1S/C34H22O4/c1-36-33(35)25-18-31-30(37-19-38-31)17-24(25)22-12-8-16-29-32(22)23-11-4-7-15-28(23)34(29)26-13-5-2-9-20(26)21-10-3-6-14-27(21)34/h2-18H,19H2,1H3. The number of ether oxygens (including phenoxy) is 3. The maximum atomic E-state index is 13.0. The van der Waals surface area contributed by atoms with Gasteiger partial charge in [0.2, 0.25) is 6.79 Å². The first-order valence-corrected chi connectivity index (χ1v) is 12.7. The maximum Gasteiger partial charge on any atom is 0.338 e. The summed E-state index contributed by atoms with van der Waals surface area (Å²) in [4.78, 5) is 13.0. The number of esters is 1. The predicted octanol–water partition coefficient (Wildman–Crippen LogP) is 7.21. The largest absolute Gasteiger partial charge is 0.465 e. The van der Waals surface area contributed by atoms with Crippen LogP contribution in [0.15, 0.2) is 103 Å². The van der Waals surface area contributed by atoms with Crippen molar-refractivity contribution < 1.29 is 19.0 Å². The average molecular weight is 495 g/mol. The highest BCUT2D eigenvalue weighted by molar-refractivity contribution is 6.05. The second-order valence-electron chi connectivity index (χ2n) is 9.86. The molecule has 2 aliphatic carbocycles. The van der Waals surface area contributed by atoms with Crippen LogP contribution in [0.1, 0.15) is 32.6 Å². The van der Waals surface area contributed by atoms with Crippen LogP contribution in [0.4, 0.5) is 0 Å². The predicted molar refractivity (Wildman–Crippen MR) is 146 cm³/mol. The van der Waals surface area contributed by atoms with Crippen LogP contribution >= 0.6 is 0 Å². The summed E-state index contributed by atoms with van der Waals surface area (Å²) in [5.41, 5.74) is 11.6. The molecule has 5 aromatic rings. The molecule has 1 spiro atoms. The third-order valence-corrected chi connectivity index (χ3v) is 8.23. The molecule has 0 aromatic heterocycles. The Balaban J connectivity index is 1.51. The number of benzene rings is 5. The Morgan fingerprint density at radius 3 is 1.82 bits per heavy atom. The van der Waals surface area contributed by atoms with Crippen LogP contribution in [-0.4, -0.2) is 19.9 Å². The molecule has 0 fully saturated rings. The second kappa shape index (κ2) is 7.59. The summed E-state index contributed by atoms with van der Waals surface area (Å²) in [6.07, 6.45) is 0. The van der Waals surface area contributed by atoms with Crippen molar-refractivity contribution in [3.8, 4) is 44.9 Å². The van der Waals surface area contributed by atoms with Gasteiger partial charge in [-0.2, -0.15) is 0 Å². The van der Waals surface area contributed by atoms with Gasteiger partial charge in [0.1, 0.15) is 0 Å². The molecule has 0 N–H and O–H groups in total. The molecule has 0 amide bonds. The van der Waals surface area contributed by atoms with E-state index < -0.39 is 11.4 Å². The van der Waals surface area contributed by atoms with Gasteiger partial charge in [0.25, 0.3) is 0 Å². The lowest BCUT2D eigenvalue weighted by Crippen LogP contribution is -2.25. The molecule has 4 nitrogen and oxygen atoms in total. The minimum atomic E-state index is -0.448. The first kappa shape index (κ1) is 21.3. The zero-order valence-electron chi connectivity index (χ0n) is 20.7. The zero-order chi connectivity index (χ0) is 25.4. The Kier molecular flexibility index (Phi) is 4.25. The molecule has 1 aliphatic heterocycles. The van der Waals surface area contributed by atoms with E-state index in [1.165, 1.54) is 40.5 Å². The molecule has 0 saturated heterocycles. The van der Waals surface area contributed by atoms with E-state index in [2.05, 4.69) is 91.0 Å². The van der Waals surface area contributed by atoms with Crippen molar-refractivity contribution >= 4 is 5.97 Å². The first-order valence-electron chi connectivity index (χ1n) is 12.7. The highest BCUT2D eigenvalue weighted by Crippen LogP contribution is 2.64. The molecule has 8 rings (SSSR count). The molecule has 4 heteroatoms. The molecule has 38 heavy (non-hydrogen) atoms. The highest BCUT2D eigenvalue weighted by Gasteiger charge is 2.52. The molecule has 5 aromatic carbocycles. The maximum absolute atomic E-state index is 13.0. The van der Waals surface area contributed by atoms with Gasteiger partial charge in [0.05, 0.1) is 18.1 Å². The number of methoxy groups -OCH3 is 1. The summed E-state index contributed by atoms with van der Waals surface area (Å²) in [5.74, 6) is 0.772. The summed E-state index contributed by atoms with van der Waals surface area (Å²) in [7, 11) is 1.41. The normalized spacial score (nSPS) is 14.6. The quantitative estimate of drug-likeness (QED) is 0.238. The van der Waals surface area contributed by atoms with Gasteiger partial charge in [-0.25, -0.2) is 4.79 Å². The third kappa shape index (κ3) is 2.52. The van der Waals surface area contributed by atoms with Gasteiger partial charge >= 0.3 is 5.97 Å². The molecule has 1 heterocycles. The smallest absolute Gasteiger partial charge is 0.338 e. The van der Waals surface area contributed by atoms with Gasteiger partial charge in [-0.1, -0.05) is 91.0 Å². The summed E-state index contributed by atoms with van der Waals surface area (Å²) in [6, 6.07) is 36.2. The van der Waals surface area contributed by atoms with E-state index in [4.69, 9.17) is 14.2 Å². The fraction of sp³-hybridized carbons (Fsp3) is 0.0882. The lowest BCUT2D eigenvalue weighted by atomic mass is 9.70. The van der Waals surface area contributed by atoms with E-state index in [0.29, 0.717) is 17.1 Å². The SMILES string of the molecule is COC(=O)c1cc2c(cc1-c1cccc3c1-c1ccccc1C31c3ccccc3-c3ccccc31)OCO2. The average Bonchev–Trinajstić information content (AvgIpc) is 3.65. The van der Waals surface area contributed by atoms with E-state index in [1.54, 1.807) is 6.07 Å². The van der Waals surface area contributed by atoms with Crippen LogP contribution in [0, 0.1) is 0 Å². The van der Waals surface area contributed by atoms with Gasteiger partial charge in [0.15, 0.2) is 11.5 Å². The summed E-state index contributed by atoms with van der Waals surface area (Å²) in [5, 5.41) is 0. The Hall–Kier alpha value is -4.83. The number of fused-ring (bicyclic) bond motifs is 11. The third-order valence-electron chi connectivity index (χ3n) is 8.23. The van der Waals surface area contributed by atoms with E-state index in [-0.39, 0.29) is 6.79 Å². The zero-order valence-corrected chi connectivity index (χ0v) is 20.7. The Bertz CT molecular complexity index is 1770. The first-order chi connectivity index (χ1) is 18.7. The topological polar surface area (TPSA) is 44.8 Å². The van der Waals surface area contributed by atoms with Crippen LogP contribution in [-0.2, 0) is 10.2 Å². The van der Waals surface area contributed by atoms with Crippen LogP contribution in [0.3, 0.4) is 0 Å². The lowest BCUT2D eigenvalue weighted by molar-refractivity contribution is 0.0601. The van der Waals surface area contributed by atoms with E-state index in [1.807, 2.05) is 6.07 Å². The van der Waals surface area contributed by atoms with Crippen molar-refractivity contribution in [2.45, 2.75) is 5.41 Å². The molecule has 3 aliphatic rings. The van der Waals surface area contributed by atoms with Crippen LogP contribution in [0.5, 0.6) is 11.5 Å². The Morgan fingerprint density at radius 2 is 1.16 bits per heavy atom. The summed E-state index contributed by atoms with van der Waals surface area (Å²) in [6.45, 7) is 0.131. The van der Waals surface area contributed by atoms with E-state index in [0.717, 1.165) is 22.3 Å². The Labute approximate surface area is 220 Å². The molecular weight excluding hydrogens is 472 g/mol. The molecule has 0 bridgehead atoms. The van der Waals surface area contributed by atoms with Crippen LogP contribution < -0.4 is 9.47 Å². The minimum Gasteiger partial charge on any atom is -0.465 e. The van der Waals surface area contributed by atoms with Gasteiger partial charge in [-0.05, 0) is 62.2 Å². The molecule has 0 saturated carbocycles.